The summed E-state index contributed by atoms with van der Waals surface area (Å²) in [6.07, 6.45) is 5.33. The van der Waals surface area contributed by atoms with E-state index in [2.05, 4.69) is 6.92 Å². The number of hydrogen-bond acceptors (Lipinski definition) is 1. The van der Waals surface area contributed by atoms with Gasteiger partial charge in [0.2, 0.25) is 0 Å². The third-order valence-corrected chi connectivity index (χ3v) is 2.08. The second-order valence-electron chi connectivity index (χ2n) is 3.58. The van der Waals surface area contributed by atoms with Gasteiger partial charge >= 0.3 is 13.3 Å². The average molecular weight is 270 g/mol. The van der Waals surface area contributed by atoms with Gasteiger partial charge in [0.25, 0.3) is 5.82 Å². The zero-order valence-corrected chi connectivity index (χ0v) is 10.1. The number of hydrogen-bond donors (Lipinski definition) is 1. The molecule has 0 atom stereocenters. The number of aromatic nitrogens is 2. The van der Waals surface area contributed by atoms with Crippen molar-refractivity contribution < 1.29 is 31.7 Å². The van der Waals surface area contributed by atoms with Crippen LogP contribution in [0.1, 0.15) is 25.6 Å². The molecular weight excluding hydrogens is 255 g/mol. The molecule has 1 aromatic rings. The molecule has 0 unspecified atom stereocenters. The lowest BCUT2D eigenvalue weighted by atomic mass is 10.2. The first-order chi connectivity index (χ1) is 8.16. The van der Waals surface area contributed by atoms with Crippen molar-refractivity contribution in [1.82, 2.24) is 4.57 Å². The normalized spacial score (nSPS) is 10.8. The molecule has 18 heavy (non-hydrogen) atoms. The standard InChI is InChI=1S/C9H14N2O2.BF4/c1-3-4-5-8-10(2)6-7-11(8)9(12)13;2-1(3,4)5/h6-7H,3-5H2,1-2H3;/q;-1/p+1. The van der Waals surface area contributed by atoms with Gasteiger partial charge in [0.15, 0.2) is 0 Å². The quantitative estimate of drug-likeness (QED) is 0.521. The Labute approximate surface area is 102 Å². The molecule has 0 aliphatic carbocycles. The smallest absolute Gasteiger partial charge is 0.446 e. The highest BCUT2D eigenvalue weighted by molar-refractivity contribution is 6.50. The van der Waals surface area contributed by atoms with Gasteiger partial charge in [-0.05, 0) is 6.42 Å². The predicted octanol–water partition coefficient (Wildman–Crippen LogP) is 2.48. The van der Waals surface area contributed by atoms with Gasteiger partial charge in [0.05, 0.1) is 7.05 Å². The zero-order chi connectivity index (χ0) is 14.3. The van der Waals surface area contributed by atoms with E-state index in [1.165, 1.54) is 4.57 Å². The van der Waals surface area contributed by atoms with Gasteiger partial charge in [-0.2, -0.15) is 4.79 Å². The Balaban J connectivity index is 0.000000494. The molecule has 1 aromatic heterocycles. The monoisotopic (exact) mass is 270 g/mol. The second kappa shape index (κ2) is 7.02. The number of carboxylic acid groups (broad SMARTS) is 1. The molecule has 0 amide bonds. The molecule has 9 heteroatoms. The molecule has 0 aliphatic rings. The molecule has 0 bridgehead atoms. The van der Waals surface area contributed by atoms with Crippen LogP contribution in [-0.4, -0.2) is 23.0 Å². The number of rotatable bonds is 3. The van der Waals surface area contributed by atoms with Gasteiger partial charge < -0.3 is 22.4 Å². The van der Waals surface area contributed by atoms with Crippen molar-refractivity contribution in [3.05, 3.63) is 18.2 Å². The lowest BCUT2D eigenvalue weighted by Gasteiger charge is -1.96. The van der Waals surface area contributed by atoms with Crippen LogP contribution in [-0.2, 0) is 13.5 Å². The van der Waals surface area contributed by atoms with Crippen LogP contribution in [0.15, 0.2) is 12.4 Å². The highest BCUT2D eigenvalue weighted by Crippen LogP contribution is 2.06. The summed E-state index contributed by atoms with van der Waals surface area (Å²) < 4.78 is 42.1. The SMILES string of the molecule is CCCCc1n(C(=O)O)cc[n+]1C.F[B-](F)(F)F. The summed E-state index contributed by atoms with van der Waals surface area (Å²) >= 11 is 0. The number of aryl methyl sites for hydroxylation is 1. The van der Waals surface area contributed by atoms with Gasteiger partial charge in [-0.25, -0.2) is 4.57 Å². The molecule has 4 nitrogen and oxygen atoms in total. The maximum Gasteiger partial charge on any atom is 0.673 e. The molecule has 0 radical (unpaired) electrons. The molecule has 1 heterocycles. The van der Waals surface area contributed by atoms with Crippen LogP contribution >= 0.6 is 0 Å². The minimum Gasteiger partial charge on any atom is -0.446 e. The van der Waals surface area contributed by atoms with Crippen LogP contribution in [0.5, 0.6) is 0 Å². The summed E-state index contributed by atoms with van der Waals surface area (Å²) in [5.41, 5.74) is 0. The van der Waals surface area contributed by atoms with Crippen LogP contribution in [0.25, 0.3) is 0 Å². The molecule has 0 saturated heterocycles. The Morgan fingerprint density at radius 3 is 2.33 bits per heavy atom. The summed E-state index contributed by atoms with van der Waals surface area (Å²) in [6.45, 7) is 2.09. The van der Waals surface area contributed by atoms with Crippen LogP contribution < -0.4 is 4.57 Å². The third kappa shape index (κ3) is 6.92. The first-order valence-electron chi connectivity index (χ1n) is 5.33. The summed E-state index contributed by atoms with van der Waals surface area (Å²) in [5, 5.41) is 8.83. The van der Waals surface area contributed by atoms with Crippen LogP contribution in [0.3, 0.4) is 0 Å². The van der Waals surface area contributed by atoms with Crippen molar-refractivity contribution >= 4 is 13.3 Å². The Morgan fingerprint density at radius 2 is 1.94 bits per heavy atom. The molecule has 1 N–H and O–H groups in total. The summed E-state index contributed by atoms with van der Waals surface area (Å²) in [7, 11) is -4.13. The predicted molar refractivity (Wildman–Crippen MR) is 57.8 cm³/mol. The van der Waals surface area contributed by atoms with Crippen molar-refractivity contribution in [2.45, 2.75) is 26.2 Å². The van der Waals surface area contributed by atoms with Crippen LogP contribution in [0.4, 0.5) is 22.1 Å². The summed E-state index contributed by atoms with van der Waals surface area (Å²) in [4.78, 5) is 10.7. The minimum atomic E-state index is -6.00. The number of imidazole rings is 1. The van der Waals surface area contributed by atoms with Gasteiger partial charge in [-0.3, -0.25) is 0 Å². The van der Waals surface area contributed by atoms with Crippen LogP contribution in [0.2, 0.25) is 0 Å². The highest BCUT2D eigenvalue weighted by Gasteiger charge is 2.20. The van der Waals surface area contributed by atoms with E-state index in [0.717, 1.165) is 25.1 Å². The van der Waals surface area contributed by atoms with Gasteiger partial charge in [0, 0.05) is 6.42 Å². The molecule has 0 saturated carbocycles. The number of nitrogens with zero attached hydrogens (tertiary/aromatic N) is 2. The maximum absolute atomic E-state index is 10.7. The molecule has 0 aliphatic heterocycles. The average Bonchev–Trinajstić information content (AvgIpc) is 2.54. The molecule has 0 aromatic carbocycles. The fraction of sp³-hybridized carbons (Fsp3) is 0.556. The minimum absolute atomic E-state index is 0.812. The fourth-order valence-electron chi connectivity index (χ4n) is 1.31. The van der Waals surface area contributed by atoms with Crippen molar-refractivity contribution in [3.63, 3.8) is 0 Å². The van der Waals surface area contributed by atoms with E-state index in [4.69, 9.17) is 5.11 Å². The largest absolute Gasteiger partial charge is 0.673 e. The highest BCUT2D eigenvalue weighted by atomic mass is 19.5. The molecule has 1 rings (SSSR count). The van der Waals surface area contributed by atoms with Crippen LogP contribution in [0, 0.1) is 0 Å². The van der Waals surface area contributed by atoms with Gasteiger partial charge in [-0.15, -0.1) is 4.57 Å². The molecular formula is C9H15BF4N2O2. The fourth-order valence-corrected chi connectivity index (χ4v) is 1.31. The number of unbranched alkanes of at least 4 members (excludes halogenated alkanes) is 1. The molecule has 104 valence electrons. The van der Waals surface area contributed by atoms with E-state index in [-0.39, 0.29) is 0 Å². The lowest BCUT2D eigenvalue weighted by molar-refractivity contribution is -0.678. The first-order valence-corrected chi connectivity index (χ1v) is 5.33. The molecule has 0 fully saturated rings. The van der Waals surface area contributed by atoms with E-state index in [1.807, 2.05) is 11.6 Å². The summed E-state index contributed by atoms with van der Waals surface area (Å²) in [6, 6.07) is 0. The van der Waals surface area contributed by atoms with E-state index in [0.29, 0.717) is 0 Å². The Hall–Kier alpha value is -1.54. The zero-order valence-electron chi connectivity index (χ0n) is 10.1. The third-order valence-electron chi connectivity index (χ3n) is 2.08. The lowest BCUT2D eigenvalue weighted by Crippen LogP contribution is -2.33. The van der Waals surface area contributed by atoms with E-state index in [1.54, 1.807) is 12.4 Å². The van der Waals surface area contributed by atoms with E-state index in [9.17, 15) is 22.1 Å². The second-order valence-corrected chi connectivity index (χ2v) is 3.58. The molecule has 0 spiro atoms. The first kappa shape index (κ1) is 16.5. The van der Waals surface area contributed by atoms with Crippen molar-refractivity contribution in [2.75, 3.05) is 0 Å². The van der Waals surface area contributed by atoms with Crippen molar-refractivity contribution in [3.8, 4) is 0 Å². The van der Waals surface area contributed by atoms with Crippen molar-refractivity contribution in [2.24, 2.45) is 7.05 Å². The Bertz CT molecular complexity index is 386. The van der Waals surface area contributed by atoms with E-state index < -0.39 is 13.3 Å². The topological polar surface area (TPSA) is 46.1 Å². The van der Waals surface area contributed by atoms with Crippen molar-refractivity contribution in [1.29, 1.82) is 0 Å². The van der Waals surface area contributed by atoms with E-state index >= 15 is 0 Å². The summed E-state index contributed by atoms with van der Waals surface area (Å²) in [5.74, 6) is 0.842. The Morgan fingerprint density at radius 1 is 1.44 bits per heavy atom. The maximum atomic E-state index is 10.7. The Kier molecular flexibility index (Phi) is 6.42. The number of halogens is 4. The number of carbonyl (C=O) groups is 1. The van der Waals surface area contributed by atoms with Gasteiger partial charge in [-0.1, -0.05) is 13.3 Å². The van der Waals surface area contributed by atoms with Gasteiger partial charge in [0.1, 0.15) is 12.4 Å².